The maximum atomic E-state index is 12.6. The van der Waals surface area contributed by atoms with Gasteiger partial charge in [-0.3, -0.25) is 0 Å². The van der Waals surface area contributed by atoms with Crippen LogP contribution in [0.1, 0.15) is 45.1 Å². The quantitative estimate of drug-likeness (QED) is 0.896. The Hall–Kier alpha value is -0.910. The van der Waals surface area contributed by atoms with Crippen LogP contribution in [0.4, 0.5) is 0 Å². The Morgan fingerprint density at radius 2 is 2.00 bits per heavy atom. The van der Waals surface area contributed by atoms with Crippen molar-refractivity contribution in [3.05, 3.63) is 29.8 Å². The molecule has 112 valence electrons. The summed E-state index contributed by atoms with van der Waals surface area (Å²) in [5.41, 5.74) is 6.31. The van der Waals surface area contributed by atoms with E-state index >= 15 is 0 Å². The van der Waals surface area contributed by atoms with Crippen molar-refractivity contribution in [1.82, 2.24) is 4.72 Å². The Labute approximate surface area is 121 Å². The number of nitrogens with one attached hydrogen (secondary N) is 1. The Bertz CT molecular complexity index is 567. The normalized spacial score (nSPS) is 22.6. The average Bonchev–Trinajstić information content (AvgIpc) is 2.41. The van der Waals surface area contributed by atoms with Crippen LogP contribution < -0.4 is 10.5 Å². The van der Waals surface area contributed by atoms with Crippen LogP contribution in [0.2, 0.25) is 0 Å². The second-order valence-electron chi connectivity index (χ2n) is 6.22. The first-order chi connectivity index (χ1) is 9.37. The molecule has 0 bridgehead atoms. The third kappa shape index (κ3) is 3.22. The third-order valence-corrected chi connectivity index (χ3v) is 5.86. The van der Waals surface area contributed by atoms with E-state index in [0.717, 1.165) is 19.3 Å². The van der Waals surface area contributed by atoms with Gasteiger partial charge in [-0.2, -0.15) is 0 Å². The zero-order chi connectivity index (χ0) is 14.8. The minimum atomic E-state index is -3.50. The summed E-state index contributed by atoms with van der Waals surface area (Å²) in [5, 5.41) is 0. The van der Waals surface area contributed by atoms with Crippen LogP contribution in [0.5, 0.6) is 0 Å². The molecular formula is C15H24N2O2S. The van der Waals surface area contributed by atoms with E-state index in [-0.39, 0.29) is 18.0 Å². The second kappa shape index (κ2) is 5.84. The number of sulfonamides is 1. The zero-order valence-corrected chi connectivity index (χ0v) is 13.0. The molecule has 3 N–H and O–H groups in total. The van der Waals surface area contributed by atoms with E-state index in [1.54, 1.807) is 18.2 Å². The van der Waals surface area contributed by atoms with Crippen molar-refractivity contribution in [3.8, 4) is 0 Å². The van der Waals surface area contributed by atoms with Gasteiger partial charge in [0.2, 0.25) is 10.0 Å². The van der Waals surface area contributed by atoms with Crippen LogP contribution in [0.25, 0.3) is 0 Å². The number of benzene rings is 1. The van der Waals surface area contributed by atoms with E-state index in [2.05, 4.69) is 18.6 Å². The van der Waals surface area contributed by atoms with E-state index in [1.807, 2.05) is 6.07 Å². The van der Waals surface area contributed by atoms with Gasteiger partial charge in [0.05, 0.1) is 4.90 Å². The molecule has 1 aromatic carbocycles. The molecule has 1 aromatic rings. The van der Waals surface area contributed by atoms with Crippen LogP contribution in [0.3, 0.4) is 0 Å². The van der Waals surface area contributed by atoms with Crippen molar-refractivity contribution in [2.75, 3.05) is 0 Å². The van der Waals surface area contributed by atoms with Gasteiger partial charge in [0.1, 0.15) is 0 Å². The van der Waals surface area contributed by atoms with E-state index < -0.39 is 10.0 Å². The fourth-order valence-corrected chi connectivity index (χ4v) is 4.59. The van der Waals surface area contributed by atoms with Crippen molar-refractivity contribution >= 4 is 10.0 Å². The molecule has 0 radical (unpaired) electrons. The SMILES string of the molecule is CC1(C)CCCCC1NS(=O)(=O)c1ccccc1CN. The van der Waals surface area contributed by atoms with Crippen LogP contribution in [0.15, 0.2) is 29.2 Å². The molecule has 2 rings (SSSR count). The molecule has 4 nitrogen and oxygen atoms in total. The fourth-order valence-electron chi connectivity index (χ4n) is 2.90. The molecule has 20 heavy (non-hydrogen) atoms. The molecule has 1 unspecified atom stereocenters. The van der Waals surface area contributed by atoms with E-state index in [9.17, 15) is 8.42 Å². The van der Waals surface area contributed by atoms with Gasteiger partial charge < -0.3 is 5.73 Å². The molecule has 0 aromatic heterocycles. The molecule has 5 heteroatoms. The van der Waals surface area contributed by atoms with Gasteiger partial charge in [-0.05, 0) is 29.9 Å². The highest BCUT2D eigenvalue weighted by Crippen LogP contribution is 2.36. The molecule has 0 aliphatic heterocycles. The number of hydrogen-bond acceptors (Lipinski definition) is 3. The third-order valence-electron chi connectivity index (χ3n) is 4.29. The van der Waals surface area contributed by atoms with Crippen molar-refractivity contribution in [3.63, 3.8) is 0 Å². The van der Waals surface area contributed by atoms with E-state index in [1.165, 1.54) is 6.42 Å². The summed E-state index contributed by atoms with van der Waals surface area (Å²) in [7, 11) is -3.50. The molecule has 0 spiro atoms. The predicted molar refractivity (Wildman–Crippen MR) is 80.7 cm³/mol. The summed E-state index contributed by atoms with van der Waals surface area (Å²) in [6, 6.07) is 6.93. The Morgan fingerprint density at radius 3 is 2.65 bits per heavy atom. The van der Waals surface area contributed by atoms with Crippen molar-refractivity contribution < 1.29 is 8.42 Å². The first-order valence-corrected chi connectivity index (χ1v) is 8.65. The van der Waals surface area contributed by atoms with Gasteiger partial charge in [0.15, 0.2) is 0 Å². The lowest BCUT2D eigenvalue weighted by atomic mass is 9.74. The minimum absolute atomic E-state index is 0.00295. The van der Waals surface area contributed by atoms with Crippen LogP contribution >= 0.6 is 0 Å². The number of nitrogens with two attached hydrogens (primary N) is 1. The highest BCUT2D eigenvalue weighted by atomic mass is 32.2. The topological polar surface area (TPSA) is 72.2 Å². The Kier molecular flexibility index (Phi) is 4.52. The van der Waals surface area contributed by atoms with E-state index in [4.69, 9.17) is 5.73 Å². The van der Waals surface area contributed by atoms with Crippen molar-refractivity contribution in [2.45, 2.75) is 57.0 Å². The van der Waals surface area contributed by atoms with Gasteiger partial charge in [0, 0.05) is 12.6 Å². The lowest BCUT2D eigenvalue weighted by molar-refractivity contribution is 0.188. The highest BCUT2D eigenvalue weighted by Gasteiger charge is 2.35. The van der Waals surface area contributed by atoms with Gasteiger partial charge in [-0.1, -0.05) is 44.9 Å². The summed E-state index contributed by atoms with van der Waals surface area (Å²) in [6.07, 6.45) is 4.20. The first-order valence-electron chi connectivity index (χ1n) is 7.17. The standard InChI is InChI=1S/C15H24N2O2S/c1-15(2)10-6-5-9-14(15)17-20(18,19)13-8-4-3-7-12(13)11-16/h3-4,7-8,14,17H,5-6,9-11,16H2,1-2H3. The van der Waals surface area contributed by atoms with Crippen molar-refractivity contribution in [1.29, 1.82) is 0 Å². The average molecular weight is 296 g/mol. The zero-order valence-electron chi connectivity index (χ0n) is 12.2. The largest absolute Gasteiger partial charge is 0.326 e. The second-order valence-corrected chi connectivity index (χ2v) is 7.90. The van der Waals surface area contributed by atoms with Crippen LogP contribution in [-0.4, -0.2) is 14.5 Å². The van der Waals surface area contributed by atoms with Crippen LogP contribution in [-0.2, 0) is 16.6 Å². The Balaban J connectivity index is 2.27. The maximum absolute atomic E-state index is 12.6. The predicted octanol–water partition coefficient (Wildman–Crippen LogP) is 2.39. The Morgan fingerprint density at radius 1 is 1.30 bits per heavy atom. The fraction of sp³-hybridized carbons (Fsp3) is 0.600. The van der Waals surface area contributed by atoms with E-state index in [0.29, 0.717) is 10.5 Å². The number of hydrogen-bond donors (Lipinski definition) is 2. The molecule has 1 aliphatic carbocycles. The minimum Gasteiger partial charge on any atom is -0.326 e. The summed E-state index contributed by atoms with van der Waals surface area (Å²) < 4.78 is 28.1. The lowest BCUT2D eigenvalue weighted by Crippen LogP contribution is -2.46. The van der Waals surface area contributed by atoms with Gasteiger partial charge in [-0.15, -0.1) is 0 Å². The monoisotopic (exact) mass is 296 g/mol. The van der Waals surface area contributed by atoms with Gasteiger partial charge >= 0.3 is 0 Å². The molecule has 0 saturated heterocycles. The van der Waals surface area contributed by atoms with Gasteiger partial charge in [0.25, 0.3) is 0 Å². The lowest BCUT2D eigenvalue weighted by Gasteiger charge is -2.38. The van der Waals surface area contributed by atoms with Crippen LogP contribution in [0, 0.1) is 5.41 Å². The molecule has 0 amide bonds. The first kappa shape index (κ1) is 15.5. The smallest absolute Gasteiger partial charge is 0.241 e. The highest BCUT2D eigenvalue weighted by molar-refractivity contribution is 7.89. The van der Waals surface area contributed by atoms with Gasteiger partial charge in [-0.25, -0.2) is 13.1 Å². The summed E-state index contributed by atoms with van der Waals surface area (Å²) >= 11 is 0. The van der Waals surface area contributed by atoms with Crippen molar-refractivity contribution in [2.24, 2.45) is 11.1 Å². The molecular weight excluding hydrogens is 272 g/mol. The molecule has 1 aliphatic rings. The maximum Gasteiger partial charge on any atom is 0.241 e. The molecule has 1 atom stereocenters. The summed E-state index contributed by atoms with van der Waals surface area (Å²) in [6.45, 7) is 4.49. The number of rotatable bonds is 4. The molecule has 1 fully saturated rings. The summed E-state index contributed by atoms with van der Waals surface area (Å²) in [4.78, 5) is 0.309. The summed E-state index contributed by atoms with van der Waals surface area (Å²) in [5.74, 6) is 0. The molecule has 1 saturated carbocycles. The molecule has 0 heterocycles.